The van der Waals surface area contributed by atoms with Gasteiger partial charge in [-0.15, -0.1) is 0 Å². The molecule has 1 aliphatic heterocycles. The molecule has 0 bridgehead atoms. The Bertz CT molecular complexity index is 1020. The van der Waals surface area contributed by atoms with Crippen molar-refractivity contribution in [1.29, 1.82) is 0 Å². The lowest BCUT2D eigenvalue weighted by molar-refractivity contribution is -0.138. The zero-order valence-electron chi connectivity index (χ0n) is 21.4. The topological polar surface area (TPSA) is 59.1 Å². The quantitative estimate of drug-likeness (QED) is 0.344. The van der Waals surface area contributed by atoms with Gasteiger partial charge in [-0.2, -0.15) is 0 Å². The minimum Gasteiger partial charge on any atom is -0.493 e. The van der Waals surface area contributed by atoms with E-state index >= 15 is 0 Å². The van der Waals surface area contributed by atoms with E-state index in [-0.39, 0.29) is 31.0 Å². The van der Waals surface area contributed by atoms with Gasteiger partial charge in [-0.25, -0.2) is 0 Å². The molecule has 0 N–H and O–H groups in total. The van der Waals surface area contributed by atoms with E-state index in [0.717, 1.165) is 23.7 Å². The molecule has 2 aliphatic rings. The molecule has 1 atom stereocenters. The van der Waals surface area contributed by atoms with E-state index in [0.29, 0.717) is 30.3 Å². The number of imide groups is 1. The minimum absolute atomic E-state index is 0.126. The molecule has 2 aromatic rings. The molecule has 4 rings (SSSR count). The van der Waals surface area contributed by atoms with E-state index in [2.05, 4.69) is 30.0 Å². The first kappa shape index (κ1) is 26.5. The molecule has 1 heterocycles. The Morgan fingerprint density at radius 3 is 2.36 bits per heavy atom. The fourth-order valence-electron chi connectivity index (χ4n) is 5.30. The molecule has 36 heavy (non-hydrogen) atoms. The Balaban J connectivity index is 1.45. The highest BCUT2D eigenvalue weighted by atomic mass is 35.5. The van der Waals surface area contributed by atoms with Crippen molar-refractivity contribution < 1.29 is 19.1 Å². The Morgan fingerprint density at radius 1 is 1.00 bits per heavy atom. The monoisotopic (exact) mass is 512 g/mol. The van der Waals surface area contributed by atoms with E-state index in [4.69, 9.17) is 21.1 Å². The average molecular weight is 513 g/mol. The smallest absolute Gasteiger partial charge is 0.229 e. The lowest BCUT2D eigenvalue weighted by Crippen LogP contribution is -2.33. The summed E-state index contributed by atoms with van der Waals surface area (Å²) in [6.45, 7) is 4.63. The average Bonchev–Trinajstić information content (AvgIpc) is 3.22. The molecular formula is C29H37ClN2O4. The van der Waals surface area contributed by atoms with Gasteiger partial charge in [0.05, 0.1) is 13.7 Å². The largest absolute Gasteiger partial charge is 0.493 e. The van der Waals surface area contributed by atoms with Crippen LogP contribution in [0.5, 0.6) is 11.5 Å². The second kappa shape index (κ2) is 12.6. The molecule has 194 valence electrons. The van der Waals surface area contributed by atoms with E-state index in [1.54, 1.807) is 7.11 Å². The van der Waals surface area contributed by atoms with Crippen molar-refractivity contribution in [2.24, 2.45) is 5.92 Å². The van der Waals surface area contributed by atoms with Crippen LogP contribution in [-0.4, -0.2) is 48.4 Å². The van der Waals surface area contributed by atoms with Crippen molar-refractivity contribution in [2.45, 2.75) is 64.5 Å². The number of carbonyl (C=O) groups is 2. The first-order valence-corrected chi connectivity index (χ1v) is 13.4. The van der Waals surface area contributed by atoms with Crippen LogP contribution in [0.25, 0.3) is 0 Å². The molecule has 1 aliphatic carbocycles. The number of amides is 2. The number of hydrogen-bond donors (Lipinski definition) is 0. The predicted molar refractivity (Wildman–Crippen MR) is 141 cm³/mol. The van der Waals surface area contributed by atoms with Gasteiger partial charge in [-0.05, 0) is 61.1 Å². The maximum Gasteiger partial charge on any atom is 0.229 e. The number of methoxy groups -OCH3 is 1. The number of nitrogens with zero attached hydrogens (tertiary/aromatic N) is 2. The zero-order valence-corrected chi connectivity index (χ0v) is 22.1. The molecule has 2 aromatic carbocycles. The van der Waals surface area contributed by atoms with Crippen LogP contribution in [0, 0.1) is 5.92 Å². The van der Waals surface area contributed by atoms with Crippen LogP contribution in [0.4, 0.5) is 0 Å². The van der Waals surface area contributed by atoms with E-state index < -0.39 is 0 Å². The number of carbonyl (C=O) groups excluding carboxylic acids is 2. The van der Waals surface area contributed by atoms with Crippen LogP contribution in [-0.2, 0) is 16.1 Å². The van der Waals surface area contributed by atoms with Crippen LogP contribution >= 0.6 is 11.6 Å². The predicted octanol–water partition coefficient (Wildman–Crippen LogP) is 6.02. The Morgan fingerprint density at radius 2 is 1.69 bits per heavy atom. The van der Waals surface area contributed by atoms with E-state index in [9.17, 15) is 9.59 Å². The molecule has 0 radical (unpaired) electrons. The first-order chi connectivity index (χ1) is 17.4. The van der Waals surface area contributed by atoms with Crippen molar-refractivity contribution in [3.63, 3.8) is 0 Å². The number of hydrogen-bond acceptors (Lipinski definition) is 5. The van der Waals surface area contributed by atoms with Crippen molar-refractivity contribution in [3.05, 3.63) is 58.6 Å². The number of rotatable bonds is 11. The summed E-state index contributed by atoms with van der Waals surface area (Å²) in [5.41, 5.74) is 2.41. The maximum atomic E-state index is 11.8. The van der Waals surface area contributed by atoms with Crippen molar-refractivity contribution in [2.75, 3.05) is 26.8 Å². The third-order valence-corrected chi connectivity index (χ3v) is 7.71. The molecule has 7 heteroatoms. The van der Waals surface area contributed by atoms with Crippen molar-refractivity contribution in [3.8, 4) is 11.5 Å². The number of benzene rings is 2. The Kier molecular flexibility index (Phi) is 9.27. The van der Waals surface area contributed by atoms with E-state index in [1.165, 1.54) is 42.6 Å². The van der Waals surface area contributed by atoms with Gasteiger partial charge in [-0.3, -0.25) is 19.4 Å². The molecule has 0 aromatic heterocycles. The highest BCUT2D eigenvalue weighted by Gasteiger charge is 2.28. The van der Waals surface area contributed by atoms with Gasteiger partial charge in [0.1, 0.15) is 6.61 Å². The van der Waals surface area contributed by atoms with Gasteiger partial charge >= 0.3 is 0 Å². The molecule has 0 unspecified atom stereocenters. The second-order valence-electron chi connectivity index (χ2n) is 9.93. The van der Waals surface area contributed by atoms with Gasteiger partial charge in [0.2, 0.25) is 11.8 Å². The Hall–Kier alpha value is -2.57. The zero-order chi connectivity index (χ0) is 25.5. The van der Waals surface area contributed by atoms with Gasteiger partial charge in [0.25, 0.3) is 0 Å². The van der Waals surface area contributed by atoms with Gasteiger partial charge in [-0.1, -0.05) is 49.1 Å². The van der Waals surface area contributed by atoms with Crippen LogP contribution in [0.3, 0.4) is 0 Å². The van der Waals surface area contributed by atoms with Crippen LogP contribution in [0.15, 0.2) is 42.5 Å². The van der Waals surface area contributed by atoms with Gasteiger partial charge in [0.15, 0.2) is 11.5 Å². The van der Waals surface area contributed by atoms with Crippen molar-refractivity contribution in [1.82, 2.24) is 9.80 Å². The summed E-state index contributed by atoms with van der Waals surface area (Å²) in [6.07, 6.45) is 7.17. The molecule has 1 saturated carbocycles. The number of likely N-dealkylation sites (tertiary alicyclic amines) is 1. The first-order valence-electron chi connectivity index (χ1n) is 13.1. The molecule has 1 saturated heterocycles. The lowest BCUT2D eigenvalue weighted by atomic mass is 9.88. The summed E-state index contributed by atoms with van der Waals surface area (Å²) in [7, 11) is 1.63. The normalized spacial score (nSPS) is 17.6. The second-order valence-corrected chi connectivity index (χ2v) is 10.4. The summed E-state index contributed by atoms with van der Waals surface area (Å²) in [6, 6.07) is 14.4. The van der Waals surface area contributed by atoms with Gasteiger partial charge in [0, 0.05) is 37.0 Å². The third-order valence-electron chi connectivity index (χ3n) is 7.46. The summed E-state index contributed by atoms with van der Waals surface area (Å²) < 4.78 is 11.5. The highest BCUT2D eigenvalue weighted by molar-refractivity contribution is 6.30. The molecular weight excluding hydrogens is 476 g/mol. The summed E-state index contributed by atoms with van der Waals surface area (Å²) in [5.74, 6) is 1.74. The summed E-state index contributed by atoms with van der Waals surface area (Å²) >= 11 is 6.14. The molecule has 2 amide bonds. The lowest BCUT2D eigenvalue weighted by Gasteiger charge is -2.34. The molecule has 2 fully saturated rings. The standard InChI is InChI=1S/C29H37ClN2O4/c1-21(24-9-11-25(30)12-10-24)31(19-22-6-4-3-5-7-22)20-23-8-13-26(27(18-23)35-2)36-17-16-32-28(33)14-15-29(32)34/h8-13,18,21-22H,3-7,14-17,19-20H2,1-2H3/t21-/m0/s1. The van der Waals surface area contributed by atoms with Crippen LogP contribution < -0.4 is 9.47 Å². The number of halogens is 1. The minimum atomic E-state index is -0.126. The van der Waals surface area contributed by atoms with Crippen molar-refractivity contribution >= 4 is 23.4 Å². The molecule has 6 nitrogen and oxygen atoms in total. The van der Waals surface area contributed by atoms with Gasteiger partial charge < -0.3 is 9.47 Å². The maximum absolute atomic E-state index is 11.8. The number of ether oxygens (including phenoxy) is 2. The Labute approximate surface area is 219 Å². The molecule has 0 spiro atoms. The van der Waals surface area contributed by atoms with Crippen LogP contribution in [0.2, 0.25) is 5.02 Å². The summed E-state index contributed by atoms with van der Waals surface area (Å²) in [5, 5.41) is 0.753. The highest BCUT2D eigenvalue weighted by Crippen LogP contribution is 2.33. The summed E-state index contributed by atoms with van der Waals surface area (Å²) in [4.78, 5) is 27.5. The van der Waals surface area contributed by atoms with E-state index in [1.807, 2.05) is 24.3 Å². The van der Waals surface area contributed by atoms with Crippen LogP contribution in [0.1, 0.15) is 69.0 Å². The fourth-order valence-corrected chi connectivity index (χ4v) is 5.42. The SMILES string of the molecule is COc1cc(CN(CC2CCCCC2)[C@@H](C)c2ccc(Cl)cc2)ccc1OCCN1C(=O)CCC1=O. The third kappa shape index (κ3) is 6.80. The fraction of sp³-hybridized carbons (Fsp3) is 0.517.